The van der Waals surface area contributed by atoms with Crippen LogP contribution in [0.15, 0.2) is 12.4 Å². The number of aryl methyl sites for hydroxylation is 2. The molecule has 112 valence electrons. The molecule has 0 atom stereocenters. The monoisotopic (exact) mass is 278 g/mol. The molecule has 0 spiro atoms. The third kappa shape index (κ3) is 4.34. The van der Waals surface area contributed by atoms with E-state index in [1.807, 2.05) is 35.9 Å². The van der Waals surface area contributed by atoms with Gasteiger partial charge in [-0.3, -0.25) is 9.48 Å². The first kappa shape index (κ1) is 15.0. The summed E-state index contributed by atoms with van der Waals surface area (Å²) in [6, 6.07) is 0. The smallest absolute Gasteiger partial charge is 0.224 e. The Balaban J connectivity index is 1.69. The van der Waals surface area contributed by atoms with Gasteiger partial charge in [0.1, 0.15) is 0 Å². The first-order chi connectivity index (χ1) is 9.69. The van der Waals surface area contributed by atoms with Crippen LogP contribution in [0.3, 0.4) is 0 Å². The zero-order chi connectivity index (χ0) is 14.4. The fraction of sp³-hybridized carbons (Fsp3) is 0.733. The zero-order valence-electron chi connectivity index (χ0n) is 12.6. The van der Waals surface area contributed by atoms with Gasteiger partial charge in [0.15, 0.2) is 0 Å². The van der Waals surface area contributed by atoms with Crippen molar-refractivity contribution >= 4 is 5.91 Å². The summed E-state index contributed by atoms with van der Waals surface area (Å²) in [5.74, 6) is 1.05. The number of carbonyl (C=O) groups excluding carboxylic acids is 1. The molecule has 1 aliphatic rings. The van der Waals surface area contributed by atoms with E-state index >= 15 is 0 Å². The molecule has 1 saturated heterocycles. The van der Waals surface area contributed by atoms with Crippen LogP contribution in [0.2, 0.25) is 0 Å². The van der Waals surface area contributed by atoms with Crippen LogP contribution in [0.25, 0.3) is 0 Å². The number of likely N-dealkylation sites (tertiary alicyclic amines) is 1. The van der Waals surface area contributed by atoms with Crippen molar-refractivity contribution < 1.29 is 4.79 Å². The Morgan fingerprint density at radius 1 is 1.45 bits per heavy atom. The summed E-state index contributed by atoms with van der Waals surface area (Å²) < 4.78 is 1.85. The number of hydrogen-bond acceptors (Lipinski definition) is 3. The summed E-state index contributed by atoms with van der Waals surface area (Å²) in [5.41, 5.74) is 1.14. The van der Waals surface area contributed by atoms with E-state index in [0.717, 1.165) is 44.0 Å². The van der Waals surface area contributed by atoms with Crippen LogP contribution in [0, 0.1) is 12.8 Å². The maximum atomic E-state index is 12.2. The highest BCUT2D eigenvalue weighted by atomic mass is 16.2. The van der Waals surface area contributed by atoms with Gasteiger partial charge < -0.3 is 10.2 Å². The third-order valence-corrected chi connectivity index (χ3v) is 4.09. The van der Waals surface area contributed by atoms with Gasteiger partial charge in [0.2, 0.25) is 5.91 Å². The highest BCUT2D eigenvalue weighted by Crippen LogP contribution is 2.20. The summed E-state index contributed by atoms with van der Waals surface area (Å²) in [4.78, 5) is 14.2. The highest BCUT2D eigenvalue weighted by molar-refractivity contribution is 5.76. The standard InChI is InChI=1S/C15H26N4O/c1-13-11-17-19(12-13)10-6-15(20)18-8-4-14(5-9-18)3-7-16-2/h11-12,14,16H,3-10H2,1-2H3. The molecule has 1 N–H and O–H groups in total. The van der Waals surface area contributed by atoms with E-state index in [-0.39, 0.29) is 5.91 Å². The minimum Gasteiger partial charge on any atom is -0.343 e. The van der Waals surface area contributed by atoms with Gasteiger partial charge in [-0.05, 0) is 51.3 Å². The number of nitrogens with one attached hydrogen (secondary N) is 1. The average Bonchev–Trinajstić information content (AvgIpc) is 2.89. The lowest BCUT2D eigenvalue weighted by Gasteiger charge is -2.32. The molecule has 1 fully saturated rings. The maximum absolute atomic E-state index is 12.2. The van der Waals surface area contributed by atoms with E-state index in [1.165, 1.54) is 6.42 Å². The van der Waals surface area contributed by atoms with Crippen LogP contribution < -0.4 is 5.32 Å². The van der Waals surface area contributed by atoms with Crippen molar-refractivity contribution in [3.8, 4) is 0 Å². The summed E-state index contributed by atoms with van der Waals surface area (Å²) in [6.07, 6.45) is 7.89. The van der Waals surface area contributed by atoms with Crippen molar-refractivity contribution in [1.29, 1.82) is 0 Å². The second-order valence-corrected chi connectivity index (χ2v) is 5.75. The minimum absolute atomic E-state index is 0.269. The van der Waals surface area contributed by atoms with Crippen LogP contribution >= 0.6 is 0 Å². The number of piperidine rings is 1. The zero-order valence-corrected chi connectivity index (χ0v) is 12.6. The molecule has 1 aliphatic heterocycles. The van der Waals surface area contributed by atoms with E-state index in [2.05, 4.69) is 10.4 Å². The largest absolute Gasteiger partial charge is 0.343 e. The van der Waals surface area contributed by atoms with Crippen molar-refractivity contribution in [2.75, 3.05) is 26.7 Å². The number of hydrogen-bond donors (Lipinski definition) is 1. The number of aromatic nitrogens is 2. The molecule has 5 heteroatoms. The van der Waals surface area contributed by atoms with Crippen LogP contribution in [0.1, 0.15) is 31.2 Å². The molecular weight excluding hydrogens is 252 g/mol. The molecule has 1 aromatic heterocycles. The Morgan fingerprint density at radius 3 is 2.80 bits per heavy atom. The molecule has 0 aromatic carbocycles. The van der Waals surface area contributed by atoms with Gasteiger partial charge in [-0.2, -0.15) is 5.10 Å². The predicted octanol–water partition coefficient (Wildman–Crippen LogP) is 1.43. The fourth-order valence-corrected chi connectivity index (χ4v) is 2.78. The topological polar surface area (TPSA) is 50.2 Å². The molecule has 0 saturated carbocycles. The summed E-state index contributed by atoms with van der Waals surface area (Å²) in [7, 11) is 2.00. The summed E-state index contributed by atoms with van der Waals surface area (Å²) >= 11 is 0. The quantitative estimate of drug-likeness (QED) is 0.856. The van der Waals surface area contributed by atoms with Crippen molar-refractivity contribution in [2.24, 2.45) is 5.92 Å². The minimum atomic E-state index is 0.269. The highest BCUT2D eigenvalue weighted by Gasteiger charge is 2.22. The number of rotatable bonds is 6. The van der Waals surface area contributed by atoms with Crippen molar-refractivity contribution in [1.82, 2.24) is 20.0 Å². The Morgan fingerprint density at radius 2 is 2.20 bits per heavy atom. The molecule has 5 nitrogen and oxygen atoms in total. The summed E-state index contributed by atoms with van der Waals surface area (Å²) in [5, 5.41) is 7.42. The van der Waals surface area contributed by atoms with E-state index in [1.54, 1.807) is 0 Å². The third-order valence-electron chi connectivity index (χ3n) is 4.09. The lowest BCUT2D eigenvalue weighted by Crippen LogP contribution is -2.39. The molecule has 2 heterocycles. The predicted molar refractivity (Wildman–Crippen MR) is 79.4 cm³/mol. The van der Waals surface area contributed by atoms with Gasteiger partial charge in [-0.25, -0.2) is 0 Å². The van der Waals surface area contributed by atoms with Gasteiger partial charge in [0, 0.05) is 32.3 Å². The molecule has 2 rings (SSSR count). The van der Waals surface area contributed by atoms with Crippen molar-refractivity contribution in [3.05, 3.63) is 18.0 Å². The first-order valence-electron chi connectivity index (χ1n) is 7.60. The van der Waals surface area contributed by atoms with E-state index < -0.39 is 0 Å². The second kappa shape index (κ2) is 7.43. The van der Waals surface area contributed by atoms with Crippen molar-refractivity contribution in [2.45, 2.75) is 39.2 Å². The molecule has 0 bridgehead atoms. The number of amides is 1. The number of carbonyl (C=O) groups is 1. The SMILES string of the molecule is CNCCC1CCN(C(=O)CCn2cc(C)cn2)CC1. The van der Waals surface area contributed by atoms with Gasteiger partial charge in [-0.15, -0.1) is 0 Å². The van der Waals surface area contributed by atoms with Gasteiger partial charge >= 0.3 is 0 Å². The van der Waals surface area contributed by atoms with Gasteiger partial charge in [-0.1, -0.05) is 0 Å². The van der Waals surface area contributed by atoms with Crippen molar-refractivity contribution in [3.63, 3.8) is 0 Å². The van der Waals surface area contributed by atoms with E-state index in [4.69, 9.17) is 0 Å². The Labute approximate surface area is 121 Å². The van der Waals surface area contributed by atoms with Gasteiger partial charge in [0.05, 0.1) is 6.20 Å². The average molecular weight is 278 g/mol. The number of nitrogens with zero attached hydrogens (tertiary/aromatic N) is 3. The van der Waals surface area contributed by atoms with Crippen LogP contribution in [0.4, 0.5) is 0 Å². The molecule has 1 aromatic rings. The second-order valence-electron chi connectivity index (χ2n) is 5.75. The molecular formula is C15H26N4O. The lowest BCUT2D eigenvalue weighted by molar-refractivity contribution is -0.132. The first-order valence-corrected chi connectivity index (χ1v) is 7.60. The summed E-state index contributed by atoms with van der Waals surface area (Å²) in [6.45, 7) is 5.63. The maximum Gasteiger partial charge on any atom is 0.224 e. The van der Waals surface area contributed by atoms with E-state index in [9.17, 15) is 4.79 Å². The van der Waals surface area contributed by atoms with Crippen LogP contribution in [0.5, 0.6) is 0 Å². The molecule has 0 radical (unpaired) electrons. The Bertz CT molecular complexity index is 421. The van der Waals surface area contributed by atoms with Gasteiger partial charge in [0.25, 0.3) is 0 Å². The van der Waals surface area contributed by atoms with Crippen LogP contribution in [-0.2, 0) is 11.3 Å². The van der Waals surface area contributed by atoms with E-state index in [0.29, 0.717) is 13.0 Å². The fourth-order valence-electron chi connectivity index (χ4n) is 2.78. The van der Waals surface area contributed by atoms with Crippen LogP contribution in [-0.4, -0.2) is 47.3 Å². The Kier molecular flexibility index (Phi) is 5.59. The normalized spacial score (nSPS) is 16.6. The Hall–Kier alpha value is -1.36. The molecule has 1 amide bonds. The molecule has 0 aliphatic carbocycles. The lowest BCUT2D eigenvalue weighted by atomic mass is 9.93. The molecule has 20 heavy (non-hydrogen) atoms. The molecule has 0 unspecified atom stereocenters.